The van der Waals surface area contributed by atoms with E-state index in [-0.39, 0.29) is 5.91 Å². The Morgan fingerprint density at radius 2 is 2.21 bits per heavy atom. The molecule has 28 heavy (non-hydrogen) atoms. The molecule has 0 saturated heterocycles. The summed E-state index contributed by atoms with van der Waals surface area (Å²) in [5, 5.41) is 5.11. The number of hydrogen-bond donors (Lipinski definition) is 1. The summed E-state index contributed by atoms with van der Waals surface area (Å²) >= 11 is 1.72. The van der Waals surface area contributed by atoms with Gasteiger partial charge in [0, 0.05) is 55.4 Å². The minimum Gasteiger partial charge on any atom is -0.352 e. The number of nitrogens with one attached hydrogen (secondary N) is 1. The fourth-order valence-corrected chi connectivity index (χ4v) is 4.83. The van der Waals surface area contributed by atoms with Gasteiger partial charge in [-0.15, -0.1) is 11.3 Å². The monoisotopic (exact) mass is 394 g/mol. The Morgan fingerprint density at radius 1 is 1.32 bits per heavy atom. The van der Waals surface area contributed by atoms with Crippen molar-refractivity contribution in [1.29, 1.82) is 0 Å². The van der Waals surface area contributed by atoms with Gasteiger partial charge in [0.25, 0.3) is 5.91 Å². The van der Waals surface area contributed by atoms with Crippen molar-refractivity contribution in [2.24, 2.45) is 0 Å². The van der Waals surface area contributed by atoms with Gasteiger partial charge in [-0.1, -0.05) is 24.3 Å². The third-order valence-corrected chi connectivity index (χ3v) is 6.38. The van der Waals surface area contributed by atoms with Crippen LogP contribution in [-0.2, 0) is 26.1 Å². The van der Waals surface area contributed by atoms with Gasteiger partial charge < -0.3 is 9.88 Å². The largest absolute Gasteiger partial charge is 0.352 e. The second kappa shape index (κ2) is 8.71. The Hall–Kier alpha value is -2.44. The predicted octanol–water partition coefficient (Wildman–Crippen LogP) is 3.63. The lowest BCUT2D eigenvalue weighted by Gasteiger charge is -2.27. The number of thiophene rings is 1. The molecule has 5 nitrogen and oxygen atoms in total. The van der Waals surface area contributed by atoms with Crippen molar-refractivity contribution in [1.82, 2.24) is 19.8 Å². The van der Waals surface area contributed by atoms with Crippen molar-refractivity contribution < 1.29 is 4.79 Å². The van der Waals surface area contributed by atoms with E-state index in [4.69, 9.17) is 0 Å². The highest BCUT2D eigenvalue weighted by Crippen LogP contribution is 2.29. The highest BCUT2D eigenvalue weighted by Gasteiger charge is 2.23. The second-order valence-corrected chi connectivity index (χ2v) is 8.31. The van der Waals surface area contributed by atoms with Gasteiger partial charge in [0.2, 0.25) is 0 Å². The van der Waals surface area contributed by atoms with Crippen molar-refractivity contribution in [3.05, 3.63) is 75.5 Å². The number of aromatic nitrogens is 2. The number of imidazole rings is 1. The number of fused-ring (bicyclic) bond motifs is 1. The second-order valence-electron chi connectivity index (χ2n) is 7.35. The summed E-state index contributed by atoms with van der Waals surface area (Å²) in [6.07, 6.45) is 7.37. The molecule has 1 N–H and O–H groups in total. The Balaban J connectivity index is 1.31. The Morgan fingerprint density at radius 3 is 3.04 bits per heavy atom. The van der Waals surface area contributed by atoms with Crippen molar-refractivity contribution in [3.63, 3.8) is 0 Å². The molecule has 4 rings (SSSR count). The van der Waals surface area contributed by atoms with Crippen LogP contribution in [0.25, 0.3) is 0 Å². The topological polar surface area (TPSA) is 50.2 Å². The van der Waals surface area contributed by atoms with Gasteiger partial charge >= 0.3 is 0 Å². The summed E-state index contributed by atoms with van der Waals surface area (Å²) in [7, 11) is 0. The summed E-state index contributed by atoms with van der Waals surface area (Å²) in [6, 6.07) is 8.58. The normalized spacial score (nSPS) is 14.0. The summed E-state index contributed by atoms with van der Waals surface area (Å²) < 4.78 is 2.03. The predicted molar refractivity (Wildman–Crippen MR) is 112 cm³/mol. The van der Waals surface area contributed by atoms with Crippen LogP contribution in [0.15, 0.2) is 48.4 Å². The number of carbonyl (C=O) groups is 1. The minimum absolute atomic E-state index is 0.0653. The van der Waals surface area contributed by atoms with E-state index in [1.54, 1.807) is 23.9 Å². The highest BCUT2D eigenvalue weighted by atomic mass is 32.1. The van der Waals surface area contributed by atoms with Gasteiger partial charge in [0.15, 0.2) is 0 Å². The number of amides is 1. The lowest BCUT2D eigenvalue weighted by Crippen LogP contribution is -2.31. The van der Waals surface area contributed by atoms with Crippen LogP contribution in [0.2, 0.25) is 0 Å². The van der Waals surface area contributed by atoms with Crippen LogP contribution >= 0.6 is 11.3 Å². The smallest absolute Gasteiger partial charge is 0.252 e. The molecule has 1 amide bonds. The van der Waals surface area contributed by atoms with E-state index in [2.05, 4.69) is 46.4 Å². The number of nitrogens with zero attached hydrogens (tertiary/aromatic N) is 3. The molecular formula is C22H26N4OS. The number of benzene rings is 1. The van der Waals surface area contributed by atoms with E-state index in [9.17, 15) is 4.79 Å². The first-order valence-electron chi connectivity index (χ1n) is 9.81. The van der Waals surface area contributed by atoms with Gasteiger partial charge in [-0.25, -0.2) is 4.98 Å². The molecule has 1 aliphatic rings. The zero-order chi connectivity index (χ0) is 19.3. The summed E-state index contributed by atoms with van der Waals surface area (Å²) in [5.41, 5.74) is 4.85. The number of hydrogen-bond acceptors (Lipinski definition) is 4. The maximum Gasteiger partial charge on any atom is 0.252 e. The zero-order valence-corrected chi connectivity index (χ0v) is 17.0. The van der Waals surface area contributed by atoms with Crippen molar-refractivity contribution in [2.75, 3.05) is 13.1 Å². The van der Waals surface area contributed by atoms with E-state index < -0.39 is 0 Å². The number of carbonyl (C=O) groups excluding carboxylic acids is 1. The van der Waals surface area contributed by atoms with Crippen LogP contribution in [0.3, 0.4) is 0 Å². The van der Waals surface area contributed by atoms with Crippen molar-refractivity contribution in [2.45, 2.75) is 39.4 Å². The highest BCUT2D eigenvalue weighted by molar-refractivity contribution is 7.10. The quantitative estimate of drug-likeness (QED) is 0.623. The van der Waals surface area contributed by atoms with Crippen molar-refractivity contribution in [3.8, 4) is 0 Å². The Bertz CT molecular complexity index is 932. The Labute approximate surface area is 170 Å². The van der Waals surface area contributed by atoms with Crippen LogP contribution in [0, 0.1) is 6.92 Å². The lowest BCUT2D eigenvalue weighted by atomic mass is 10.0. The molecule has 0 radical (unpaired) electrons. The minimum atomic E-state index is 0.0653. The van der Waals surface area contributed by atoms with Gasteiger partial charge in [-0.3, -0.25) is 9.69 Å². The molecule has 0 fully saturated rings. The summed E-state index contributed by atoms with van der Waals surface area (Å²) in [5.74, 6) is 0.0653. The molecule has 3 aromatic rings. The van der Waals surface area contributed by atoms with Crippen LogP contribution in [0.5, 0.6) is 0 Å². The lowest BCUT2D eigenvalue weighted by molar-refractivity contribution is 0.0951. The number of rotatable bonds is 7. The van der Waals surface area contributed by atoms with E-state index in [1.807, 2.05) is 16.1 Å². The molecule has 1 aliphatic heterocycles. The molecular weight excluding hydrogens is 368 g/mol. The summed E-state index contributed by atoms with van der Waals surface area (Å²) in [6.45, 7) is 6.63. The van der Waals surface area contributed by atoms with Crippen molar-refractivity contribution >= 4 is 17.2 Å². The molecule has 2 aromatic heterocycles. The molecule has 0 atom stereocenters. The first-order chi connectivity index (χ1) is 13.7. The third kappa shape index (κ3) is 4.34. The van der Waals surface area contributed by atoms with E-state index in [1.165, 1.54) is 21.6 Å². The first-order valence-corrected chi connectivity index (χ1v) is 10.7. The fourth-order valence-electron chi connectivity index (χ4n) is 3.71. The maximum absolute atomic E-state index is 12.6. The average molecular weight is 395 g/mol. The molecule has 0 saturated carbocycles. The van der Waals surface area contributed by atoms with Crippen LogP contribution < -0.4 is 5.32 Å². The van der Waals surface area contributed by atoms with Crippen LogP contribution in [0.4, 0.5) is 0 Å². The standard InChI is InChI=1S/C22H26N4OS/c1-17-5-2-3-6-18(17)13-26-11-7-19-20(15-28-21(19)14-26)22(27)24-8-4-10-25-12-9-23-16-25/h2-3,5-6,9,12,15-16H,4,7-8,10-11,13-14H2,1H3,(H,24,27). The van der Waals surface area contributed by atoms with Crippen LogP contribution in [-0.4, -0.2) is 33.4 Å². The molecule has 146 valence electrons. The molecule has 0 unspecified atom stereocenters. The van der Waals surface area contributed by atoms with Gasteiger partial charge in [-0.2, -0.15) is 0 Å². The van der Waals surface area contributed by atoms with Gasteiger partial charge in [0.1, 0.15) is 0 Å². The first kappa shape index (κ1) is 18.9. The van der Waals surface area contributed by atoms with E-state index >= 15 is 0 Å². The van der Waals surface area contributed by atoms with Gasteiger partial charge in [0.05, 0.1) is 11.9 Å². The van der Waals surface area contributed by atoms with E-state index in [0.29, 0.717) is 6.54 Å². The molecule has 3 heterocycles. The molecule has 0 aliphatic carbocycles. The fraction of sp³-hybridized carbons (Fsp3) is 0.364. The molecule has 0 bridgehead atoms. The Kier molecular flexibility index (Phi) is 5.88. The number of aryl methyl sites for hydroxylation is 2. The average Bonchev–Trinajstić information content (AvgIpc) is 3.36. The van der Waals surface area contributed by atoms with Crippen LogP contribution in [0.1, 0.15) is 38.3 Å². The third-order valence-electron chi connectivity index (χ3n) is 5.36. The SMILES string of the molecule is Cc1ccccc1CN1CCc2c(C(=O)NCCCn3ccnc3)csc2C1. The molecule has 6 heteroatoms. The van der Waals surface area contributed by atoms with E-state index in [0.717, 1.165) is 44.6 Å². The molecule has 1 aromatic carbocycles. The molecule has 0 spiro atoms. The summed E-state index contributed by atoms with van der Waals surface area (Å²) in [4.78, 5) is 20.5. The van der Waals surface area contributed by atoms with Gasteiger partial charge in [-0.05, 0) is 36.5 Å². The maximum atomic E-state index is 12.6. The zero-order valence-electron chi connectivity index (χ0n) is 16.2.